The van der Waals surface area contributed by atoms with Gasteiger partial charge in [-0.3, -0.25) is 4.79 Å². The lowest BCUT2D eigenvalue weighted by Gasteiger charge is -2.34. The van der Waals surface area contributed by atoms with Crippen LogP contribution in [-0.4, -0.2) is 53.6 Å². The zero-order valence-electron chi connectivity index (χ0n) is 17.1. The minimum atomic E-state index is -0.656. The number of carbonyl (C=O) groups excluding carboxylic acids is 2. The molecule has 156 valence electrons. The number of aromatic amines is 1. The number of likely N-dealkylation sites (tertiary alicyclic amines) is 1. The summed E-state index contributed by atoms with van der Waals surface area (Å²) in [6, 6.07) is 6.01. The van der Waals surface area contributed by atoms with E-state index in [2.05, 4.69) is 23.7 Å². The first-order valence-corrected chi connectivity index (χ1v) is 10.5. The summed E-state index contributed by atoms with van der Waals surface area (Å²) in [6.45, 7) is 6.82. The molecule has 29 heavy (non-hydrogen) atoms. The van der Waals surface area contributed by atoms with Gasteiger partial charge >= 0.3 is 5.97 Å². The number of benzene rings is 1. The van der Waals surface area contributed by atoms with Crippen LogP contribution in [0.15, 0.2) is 18.2 Å². The summed E-state index contributed by atoms with van der Waals surface area (Å²) in [7, 11) is 0. The number of hydrogen-bond acceptors (Lipinski definition) is 5. The number of esters is 1. The Morgan fingerprint density at radius 1 is 1.21 bits per heavy atom. The Bertz CT molecular complexity index is 908. The van der Waals surface area contributed by atoms with Crippen molar-refractivity contribution in [3.63, 3.8) is 0 Å². The van der Waals surface area contributed by atoms with Gasteiger partial charge in [0.05, 0.1) is 12.2 Å². The molecule has 0 spiro atoms. The van der Waals surface area contributed by atoms with E-state index in [1.54, 1.807) is 6.07 Å². The van der Waals surface area contributed by atoms with Crippen LogP contribution in [0.5, 0.6) is 5.75 Å². The van der Waals surface area contributed by atoms with Crippen LogP contribution in [0.3, 0.4) is 0 Å². The van der Waals surface area contributed by atoms with Crippen molar-refractivity contribution < 1.29 is 19.1 Å². The number of nitrogens with one attached hydrogen (secondary N) is 1. The summed E-state index contributed by atoms with van der Waals surface area (Å²) >= 11 is 0. The van der Waals surface area contributed by atoms with Crippen molar-refractivity contribution in [2.45, 2.75) is 51.7 Å². The first-order valence-electron chi connectivity index (χ1n) is 10.5. The van der Waals surface area contributed by atoms with E-state index in [9.17, 15) is 9.59 Å². The molecule has 1 aromatic carbocycles. The highest BCUT2D eigenvalue weighted by Crippen LogP contribution is 2.31. The minimum Gasteiger partial charge on any atom is -0.490 e. The first kappa shape index (κ1) is 19.8. The number of amides is 1. The zero-order chi connectivity index (χ0) is 20.5. The second kappa shape index (κ2) is 8.06. The SMILES string of the molecule is CC(C)N1CCC(Oc2ccc3[nH]c(C(=O)OCC4CC4)c(C(N)=O)c3c2)CC1. The Kier molecular flexibility index (Phi) is 5.50. The lowest BCUT2D eigenvalue weighted by molar-refractivity contribution is 0.0477. The molecule has 0 atom stereocenters. The molecule has 1 saturated heterocycles. The lowest BCUT2D eigenvalue weighted by Crippen LogP contribution is -2.41. The second-order valence-electron chi connectivity index (χ2n) is 8.44. The monoisotopic (exact) mass is 399 g/mol. The summed E-state index contributed by atoms with van der Waals surface area (Å²) in [6.07, 6.45) is 4.23. The third-order valence-corrected chi connectivity index (χ3v) is 5.88. The van der Waals surface area contributed by atoms with E-state index < -0.39 is 11.9 Å². The number of nitrogens with two attached hydrogens (primary N) is 1. The summed E-state index contributed by atoms with van der Waals surface area (Å²) < 4.78 is 11.5. The number of hydrogen-bond donors (Lipinski definition) is 2. The van der Waals surface area contributed by atoms with E-state index in [0.29, 0.717) is 35.2 Å². The molecular weight excluding hydrogens is 370 g/mol. The second-order valence-corrected chi connectivity index (χ2v) is 8.44. The van der Waals surface area contributed by atoms with Crippen LogP contribution in [0.2, 0.25) is 0 Å². The van der Waals surface area contributed by atoms with Crippen LogP contribution < -0.4 is 10.5 Å². The van der Waals surface area contributed by atoms with Gasteiger partial charge < -0.3 is 25.1 Å². The van der Waals surface area contributed by atoms with E-state index in [1.807, 2.05) is 12.1 Å². The van der Waals surface area contributed by atoms with Gasteiger partial charge in [-0.15, -0.1) is 0 Å². The van der Waals surface area contributed by atoms with Crippen LogP contribution in [0.1, 0.15) is 60.4 Å². The lowest BCUT2D eigenvalue weighted by atomic mass is 10.1. The van der Waals surface area contributed by atoms with Crippen molar-refractivity contribution in [1.82, 2.24) is 9.88 Å². The van der Waals surface area contributed by atoms with Gasteiger partial charge in [-0.1, -0.05) is 0 Å². The molecule has 0 bridgehead atoms. The Morgan fingerprint density at radius 3 is 2.55 bits per heavy atom. The molecule has 7 nitrogen and oxygen atoms in total. The highest BCUT2D eigenvalue weighted by Gasteiger charge is 2.27. The average molecular weight is 399 g/mol. The predicted octanol–water partition coefficient (Wildman–Crippen LogP) is 3.09. The van der Waals surface area contributed by atoms with Crippen LogP contribution in [0.4, 0.5) is 0 Å². The first-order chi connectivity index (χ1) is 13.9. The number of H-pyrrole nitrogens is 1. The molecule has 0 radical (unpaired) electrons. The molecule has 2 heterocycles. The van der Waals surface area contributed by atoms with Crippen molar-refractivity contribution in [2.75, 3.05) is 19.7 Å². The van der Waals surface area contributed by atoms with E-state index >= 15 is 0 Å². The van der Waals surface area contributed by atoms with E-state index in [4.69, 9.17) is 15.2 Å². The molecular formula is C22H29N3O4. The largest absolute Gasteiger partial charge is 0.490 e. The average Bonchev–Trinajstić information content (AvgIpc) is 3.44. The van der Waals surface area contributed by atoms with Crippen LogP contribution >= 0.6 is 0 Å². The third-order valence-electron chi connectivity index (χ3n) is 5.88. The number of piperidine rings is 1. The number of fused-ring (bicyclic) bond motifs is 1. The molecule has 1 amide bonds. The van der Waals surface area contributed by atoms with E-state index in [0.717, 1.165) is 38.8 Å². The fraction of sp³-hybridized carbons (Fsp3) is 0.545. The summed E-state index contributed by atoms with van der Waals surface area (Å²) in [5, 5.41) is 0.591. The summed E-state index contributed by atoms with van der Waals surface area (Å²) in [4.78, 5) is 30.0. The minimum absolute atomic E-state index is 0.121. The number of carbonyl (C=O) groups is 2. The molecule has 1 aromatic heterocycles. The molecule has 2 fully saturated rings. The number of aromatic nitrogens is 1. The molecule has 1 aliphatic carbocycles. The smallest absolute Gasteiger partial charge is 0.355 e. The van der Waals surface area contributed by atoms with Gasteiger partial charge in [0.15, 0.2) is 0 Å². The number of rotatable bonds is 7. The van der Waals surface area contributed by atoms with Crippen LogP contribution in [-0.2, 0) is 4.74 Å². The molecule has 3 N–H and O–H groups in total. The Morgan fingerprint density at radius 2 is 1.93 bits per heavy atom. The summed E-state index contributed by atoms with van der Waals surface area (Å²) in [5.74, 6) is -0.0650. The molecule has 4 rings (SSSR count). The molecule has 1 saturated carbocycles. The van der Waals surface area contributed by atoms with E-state index in [-0.39, 0.29) is 17.4 Å². The van der Waals surface area contributed by atoms with E-state index in [1.165, 1.54) is 0 Å². The van der Waals surface area contributed by atoms with Gasteiger partial charge in [0.1, 0.15) is 17.5 Å². The highest BCUT2D eigenvalue weighted by atomic mass is 16.5. The van der Waals surface area contributed by atoms with Gasteiger partial charge in [-0.25, -0.2) is 4.79 Å². The van der Waals surface area contributed by atoms with Gasteiger partial charge in [0.2, 0.25) is 0 Å². The summed E-state index contributed by atoms with van der Waals surface area (Å²) in [5.41, 5.74) is 6.55. The molecule has 2 aromatic rings. The maximum absolute atomic E-state index is 12.5. The van der Waals surface area contributed by atoms with Gasteiger partial charge in [0, 0.05) is 30.0 Å². The normalized spacial score (nSPS) is 18.3. The van der Waals surface area contributed by atoms with Gasteiger partial charge in [-0.2, -0.15) is 0 Å². The van der Waals surface area contributed by atoms with Gasteiger partial charge in [0.25, 0.3) is 5.91 Å². The zero-order valence-corrected chi connectivity index (χ0v) is 17.1. The van der Waals surface area contributed by atoms with Gasteiger partial charge in [-0.05, 0) is 63.6 Å². The fourth-order valence-electron chi connectivity index (χ4n) is 3.91. The maximum atomic E-state index is 12.5. The Labute approximate surface area is 170 Å². The predicted molar refractivity (Wildman–Crippen MR) is 110 cm³/mol. The van der Waals surface area contributed by atoms with Crippen LogP contribution in [0, 0.1) is 5.92 Å². The van der Waals surface area contributed by atoms with Crippen molar-refractivity contribution in [3.8, 4) is 5.75 Å². The third kappa shape index (κ3) is 4.40. The standard InChI is InChI=1S/C22H29N3O4/c1-13(2)25-9-7-15(8-10-25)29-16-5-6-18-17(11-16)19(21(23)26)20(24-18)22(27)28-12-14-3-4-14/h5-6,11,13-15,24H,3-4,7-10,12H2,1-2H3,(H2,23,26). The van der Waals surface area contributed by atoms with Crippen molar-refractivity contribution in [3.05, 3.63) is 29.5 Å². The van der Waals surface area contributed by atoms with Crippen molar-refractivity contribution in [2.24, 2.45) is 11.7 Å². The van der Waals surface area contributed by atoms with Crippen LogP contribution in [0.25, 0.3) is 10.9 Å². The molecule has 2 aliphatic rings. The Balaban J connectivity index is 1.52. The number of nitrogens with zero attached hydrogens (tertiary/aromatic N) is 1. The molecule has 0 unspecified atom stereocenters. The van der Waals surface area contributed by atoms with Crippen molar-refractivity contribution in [1.29, 1.82) is 0 Å². The Hall–Kier alpha value is -2.54. The molecule has 7 heteroatoms. The number of primary amides is 1. The maximum Gasteiger partial charge on any atom is 0.355 e. The van der Waals surface area contributed by atoms with Crippen molar-refractivity contribution >= 4 is 22.8 Å². The fourth-order valence-corrected chi connectivity index (χ4v) is 3.91. The topological polar surface area (TPSA) is 97.7 Å². The molecule has 1 aliphatic heterocycles. The highest BCUT2D eigenvalue weighted by molar-refractivity contribution is 6.14. The number of ether oxygens (including phenoxy) is 2. The quantitative estimate of drug-likeness (QED) is 0.697.